The summed E-state index contributed by atoms with van der Waals surface area (Å²) < 4.78 is 5.13. The van der Waals surface area contributed by atoms with E-state index in [1.54, 1.807) is 6.08 Å². The van der Waals surface area contributed by atoms with Crippen LogP contribution in [-0.2, 0) is 14.4 Å². The van der Waals surface area contributed by atoms with E-state index >= 15 is 0 Å². The number of carbonyl (C=O) groups is 1. The summed E-state index contributed by atoms with van der Waals surface area (Å²) in [4.78, 5) is 15.2. The van der Waals surface area contributed by atoms with Gasteiger partial charge in [-0.25, -0.2) is 5.26 Å². The Kier molecular flexibility index (Phi) is 2.62. The first-order chi connectivity index (χ1) is 5.60. The molecule has 0 saturated heterocycles. The lowest BCUT2D eigenvalue weighted by molar-refractivity contribution is -0.382. The molecule has 0 radical (unpaired) electrons. The van der Waals surface area contributed by atoms with E-state index in [9.17, 15) is 4.79 Å². The van der Waals surface area contributed by atoms with E-state index in [1.165, 1.54) is 13.8 Å². The monoisotopic (exact) mass is 172 g/mol. The van der Waals surface area contributed by atoms with Crippen molar-refractivity contribution in [2.24, 2.45) is 0 Å². The molecule has 0 aromatic carbocycles. The third kappa shape index (κ3) is 1.55. The molecule has 12 heavy (non-hydrogen) atoms. The molecule has 4 nitrogen and oxygen atoms in total. The fourth-order valence-corrected chi connectivity index (χ4v) is 1.26. The second-order valence-electron chi connectivity index (χ2n) is 2.85. The topological polar surface area (TPSA) is 55.8 Å². The van der Waals surface area contributed by atoms with Gasteiger partial charge < -0.3 is 4.74 Å². The lowest BCUT2D eigenvalue weighted by Gasteiger charge is -2.30. The number of hydrogen-bond donors (Lipinski definition) is 1. The Morgan fingerprint density at radius 1 is 1.83 bits per heavy atom. The fraction of sp³-hybridized carbons (Fsp3) is 0.625. The Balaban J connectivity index is 2.92. The minimum absolute atomic E-state index is 0.147. The van der Waals surface area contributed by atoms with Gasteiger partial charge in [0.2, 0.25) is 5.79 Å². The molecule has 0 amide bonds. The number of ether oxygens (including phenoxy) is 1. The van der Waals surface area contributed by atoms with Gasteiger partial charge in [-0.05, 0) is 20.3 Å². The van der Waals surface area contributed by atoms with E-state index in [0.29, 0.717) is 18.6 Å². The molecule has 0 bridgehead atoms. The van der Waals surface area contributed by atoms with Crippen molar-refractivity contribution < 1.29 is 19.7 Å². The molecular weight excluding hydrogens is 160 g/mol. The van der Waals surface area contributed by atoms with Gasteiger partial charge in [-0.3, -0.25) is 4.79 Å². The molecule has 1 atom stereocenters. The van der Waals surface area contributed by atoms with Crippen molar-refractivity contribution in [1.29, 1.82) is 0 Å². The van der Waals surface area contributed by atoms with Crippen molar-refractivity contribution in [3.05, 3.63) is 11.6 Å². The van der Waals surface area contributed by atoms with Crippen LogP contribution in [0.3, 0.4) is 0 Å². The summed E-state index contributed by atoms with van der Waals surface area (Å²) in [6.07, 6.45) is 2.40. The maximum atomic E-state index is 11.0. The van der Waals surface area contributed by atoms with Crippen LogP contribution in [0.15, 0.2) is 11.6 Å². The number of carbonyl (C=O) groups excluding carboxylic acids is 1. The molecule has 1 heterocycles. The van der Waals surface area contributed by atoms with E-state index < -0.39 is 5.79 Å². The number of hydrogen-bond acceptors (Lipinski definition) is 4. The zero-order valence-corrected chi connectivity index (χ0v) is 7.16. The number of Topliss-reactive ketones (excluding diaryl/α,β-unsaturated/α-hetero) is 1. The van der Waals surface area contributed by atoms with Crippen molar-refractivity contribution in [2.45, 2.75) is 26.1 Å². The standard InChI is InChI=1S/C8H12O4/c1-6(9)7-4-3-5-11-8(7,2)12-10/h4,10H,3,5H2,1-2H3. The highest BCUT2D eigenvalue weighted by Gasteiger charge is 2.36. The summed E-state index contributed by atoms with van der Waals surface area (Å²) in [6, 6.07) is 0. The molecule has 0 fully saturated rings. The second-order valence-corrected chi connectivity index (χ2v) is 2.85. The van der Waals surface area contributed by atoms with E-state index in [2.05, 4.69) is 4.89 Å². The normalized spacial score (nSPS) is 29.8. The third-order valence-corrected chi connectivity index (χ3v) is 1.89. The van der Waals surface area contributed by atoms with Gasteiger partial charge in [-0.2, -0.15) is 4.89 Å². The van der Waals surface area contributed by atoms with Crippen LogP contribution in [0.4, 0.5) is 0 Å². The van der Waals surface area contributed by atoms with Crippen LogP contribution in [0.2, 0.25) is 0 Å². The Bertz CT molecular complexity index is 221. The second kappa shape index (κ2) is 3.35. The number of rotatable bonds is 2. The van der Waals surface area contributed by atoms with E-state index in [4.69, 9.17) is 9.99 Å². The Morgan fingerprint density at radius 3 is 2.92 bits per heavy atom. The van der Waals surface area contributed by atoms with Crippen LogP contribution in [0.1, 0.15) is 20.3 Å². The predicted octanol–water partition coefficient (Wildman–Crippen LogP) is 1.13. The summed E-state index contributed by atoms with van der Waals surface area (Å²) in [5, 5.41) is 8.55. The van der Waals surface area contributed by atoms with Gasteiger partial charge in [-0.15, -0.1) is 0 Å². The van der Waals surface area contributed by atoms with E-state index in [0.717, 1.165) is 0 Å². The Morgan fingerprint density at radius 2 is 2.50 bits per heavy atom. The van der Waals surface area contributed by atoms with Gasteiger partial charge in [0.05, 0.1) is 12.2 Å². The van der Waals surface area contributed by atoms with Crippen LogP contribution in [-0.4, -0.2) is 23.4 Å². The van der Waals surface area contributed by atoms with Gasteiger partial charge in [0.1, 0.15) is 0 Å². The van der Waals surface area contributed by atoms with Gasteiger partial charge in [0, 0.05) is 0 Å². The first-order valence-corrected chi connectivity index (χ1v) is 3.78. The minimum atomic E-state index is -1.27. The molecule has 1 aliphatic rings. The highest BCUT2D eigenvalue weighted by atomic mass is 17.1. The lowest BCUT2D eigenvalue weighted by Crippen LogP contribution is -2.39. The van der Waals surface area contributed by atoms with Crippen molar-refractivity contribution >= 4 is 5.78 Å². The first kappa shape index (κ1) is 9.38. The average molecular weight is 172 g/mol. The molecule has 0 aromatic rings. The molecule has 0 spiro atoms. The molecule has 1 aliphatic heterocycles. The van der Waals surface area contributed by atoms with Gasteiger partial charge in [0.25, 0.3) is 0 Å². The summed E-state index contributed by atoms with van der Waals surface area (Å²) in [5.74, 6) is -1.42. The third-order valence-electron chi connectivity index (χ3n) is 1.89. The molecule has 68 valence electrons. The van der Waals surface area contributed by atoms with Gasteiger partial charge in [0.15, 0.2) is 5.78 Å². The molecule has 1 unspecified atom stereocenters. The van der Waals surface area contributed by atoms with Crippen LogP contribution in [0.5, 0.6) is 0 Å². The zero-order chi connectivity index (χ0) is 9.19. The van der Waals surface area contributed by atoms with Gasteiger partial charge in [-0.1, -0.05) is 6.08 Å². The summed E-state index contributed by atoms with van der Waals surface area (Å²) in [6.45, 7) is 3.38. The van der Waals surface area contributed by atoms with Crippen LogP contribution in [0.25, 0.3) is 0 Å². The summed E-state index contributed by atoms with van der Waals surface area (Å²) in [7, 11) is 0. The molecule has 0 aromatic heterocycles. The van der Waals surface area contributed by atoms with Crippen molar-refractivity contribution in [2.75, 3.05) is 6.61 Å². The maximum absolute atomic E-state index is 11.0. The summed E-state index contributed by atoms with van der Waals surface area (Å²) in [5.41, 5.74) is 0.372. The Hall–Kier alpha value is -0.710. The smallest absolute Gasteiger partial charge is 0.227 e. The Labute approximate surface area is 70.7 Å². The molecule has 1 N–H and O–H groups in total. The van der Waals surface area contributed by atoms with Crippen molar-refractivity contribution in [1.82, 2.24) is 0 Å². The van der Waals surface area contributed by atoms with Crippen LogP contribution in [0, 0.1) is 0 Å². The summed E-state index contributed by atoms with van der Waals surface area (Å²) >= 11 is 0. The first-order valence-electron chi connectivity index (χ1n) is 3.78. The quantitative estimate of drug-likeness (QED) is 0.501. The highest BCUT2D eigenvalue weighted by molar-refractivity contribution is 5.94. The van der Waals surface area contributed by atoms with Crippen LogP contribution >= 0.6 is 0 Å². The molecular formula is C8H12O4. The van der Waals surface area contributed by atoms with E-state index in [1.807, 2.05) is 0 Å². The minimum Gasteiger partial charge on any atom is -0.344 e. The zero-order valence-electron chi connectivity index (χ0n) is 7.16. The fourth-order valence-electron chi connectivity index (χ4n) is 1.26. The highest BCUT2D eigenvalue weighted by Crippen LogP contribution is 2.27. The maximum Gasteiger partial charge on any atom is 0.227 e. The molecule has 4 heteroatoms. The lowest BCUT2D eigenvalue weighted by atomic mass is 10.0. The van der Waals surface area contributed by atoms with Crippen molar-refractivity contribution in [3.8, 4) is 0 Å². The molecule has 0 saturated carbocycles. The SMILES string of the molecule is CC(=O)C1=CCCOC1(C)OO. The molecule has 0 aliphatic carbocycles. The average Bonchev–Trinajstić information content (AvgIpc) is 2.05. The van der Waals surface area contributed by atoms with Gasteiger partial charge >= 0.3 is 0 Å². The van der Waals surface area contributed by atoms with Crippen molar-refractivity contribution in [3.63, 3.8) is 0 Å². The van der Waals surface area contributed by atoms with Crippen LogP contribution < -0.4 is 0 Å². The predicted molar refractivity (Wildman–Crippen MR) is 41.5 cm³/mol. The number of ketones is 1. The molecule has 1 rings (SSSR count). The van der Waals surface area contributed by atoms with E-state index in [-0.39, 0.29) is 5.78 Å². The largest absolute Gasteiger partial charge is 0.344 e.